The molecule has 0 saturated carbocycles. The molecule has 1 aliphatic rings. The van der Waals surface area contributed by atoms with Gasteiger partial charge in [0.05, 0.1) is 24.3 Å². The Bertz CT molecular complexity index is 323. The molecule has 1 atom stereocenters. The quantitative estimate of drug-likeness (QED) is 0.628. The summed E-state index contributed by atoms with van der Waals surface area (Å²) >= 11 is 0. The van der Waals surface area contributed by atoms with E-state index in [1.807, 2.05) is 24.3 Å². The van der Waals surface area contributed by atoms with Crippen LogP contribution < -0.4 is 0 Å². The third kappa shape index (κ3) is 1.09. The molecule has 1 heterocycles. The molecule has 0 spiro atoms. The predicted molar refractivity (Wildman–Crippen MR) is 44.5 cm³/mol. The lowest BCUT2D eigenvalue weighted by Gasteiger charge is -2.27. The zero-order chi connectivity index (χ0) is 8.39. The Balaban J connectivity index is 2.35. The number of rotatable bonds is 1. The van der Waals surface area contributed by atoms with Crippen molar-refractivity contribution in [3.8, 4) is 6.07 Å². The lowest BCUT2D eigenvalue weighted by Crippen LogP contribution is -2.19. The van der Waals surface area contributed by atoms with Crippen molar-refractivity contribution in [2.45, 2.75) is 12.5 Å². The molecule has 2 heteroatoms. The van der Waals surface area contributed by atoms with Gasteiger partial charge in [0.2, 0.25) is 0 Å². The van der Waals surface area contributed by atoms with Gasteiger partial charge in [-0.1, -0.05) is 18.2 Å². The van der Waals surface area contributed by atoms with Crippen LogP contribution >= 0.6 is 0 Å². The van der Waals surface area contributed by atoms with Crippen molar-refractivity contribution in [3.63, 3.8) is 0 Å². The van der Waals surface area contributed by atoms with Crippen LogP contribution in [0.2, 0.25) is 0 Å². The second-order valence-electron chi connectivity index (χ2n) is 2.85. The first kappa shape index (κ1) is 7.33. The van der Waals surface area contributed by atoms with E-state index >= 15 is 0 Å². The Kier molecular flexibility index (Phi) is 1.81. The fraction of sp³-hybridized carbons (Fsp3) is 0.300. The number of nitriles is 1. The van der Waals surface area contributed by atoms with Gasteiger partial charge in [-0.2, -0.15) is 5.26 Å². The molecule has 0 aliphatic carbocycles. The second kappa shape index (κ2) is 2.96. The highest BCUT2D eigenvalue weighted by molar-refractivity contribution is 5.39. The minimum atomic E-state index is 0.167. The molecule has 0 bridgehead atoms. The van der Waals surface area contributed by atoms with Crippen molar-refractivity contribution in [1.29, 1.82) is 5.26 Å². The van der Waals surface area contributed by atoms with E-state index in [4.69, 9.17) is 10.00 Å². The van der Waals surface area contributed by atoms with Crippen LogP contribution in [0.15, 0.2) is 24.3 Å². The van der Waals surface area contributed by atoms with Crippen LogP contribution in [0.4, 0.5) is 0 Å². The maximum absolute atomic E-state index is 8.78. The minimum Gasteiger partial charge on any atom is -0.373 e. The molecule has 0 radical (unpaired) electrons. The molecule has 0 N–H and O–H groups in total. The van der Waals surface area contributed by atoms with Gasteiger partial charge < -0.3 is 4.74 Å². The van der Waals surface area contributed by atoms with Gasteiger partial charge in [0, 0.05) is 6.42 Å². The molecule has 2 rings (SSSR count). The van der Waals surface area contributed by atoms with E-state index in [0.29, 0.717) is 0 Å². The van der Waals surface area contributed by atoms with Gasteiger partial charge in [0.15, 0.2) is 0 Å². The standard InChI is InChI=1S/C10H9NO/c11-7-8-3-1-2-4-9(8)10-5-6-12-10/h1-4,10H,5-6H2. The molecule has 2 nitrogen and oxygen atoms in total. The molecular formula is C10H9NO. The third-order valence-electron chi connectivity index (χ3n) is 2.13. The highest BCUT2D eigenvalue weighted by atomic mass is 16.5. The Hall–Kier alpha value is -1.33. The van der Waals surface area contributed by atoms with Gasteiger partial charge in [0.25, 0.3) is 0 Å². The molecule has 1 fully saturated rings. The van der Waals surface area contributed by atoms with Crippen LogP contribution in [0.5, 0.6) is 0 Å². The fourth-order valence-electron chi connectivity index (χ4n) is 1.36. The van der Waals surface area contributed by atoms with Gasteiger partial charge >= 0.3 is 0 Å². The number of nitrogens with zero attached hydrogens (tertiary/aromatic N) is 1. The normalized spacial score (nSPS) is 21.1. The molecule has 12 heavy (non-hydrogen) atoms. The van der Waals surface area contributed by atoms with E-state index in [9.17, 15) is 0 Å². The van der Waals surface area contributed by atoms with E-state index in [-0.39, 0.29) is 6.10 Å². The first-order chi connectivity index (χ1) is 5.92. The zero-order valence-corrected chi connectivity index (χ0v) is 6.66. The van der Waals surface area contributed by atoms with Gasteiger partial charge in [-0.05, 0) is 11.6 Å². The van der Waals surface area contributed by atoms with E-state index in [1.165, 1.54) is 0 Å². The van der Waals surface area contributed by atoms with Crippen molar-refractivity contribution < 1.29 is 4.74 Å². The van der Waals surface area contributed by atoms with Gasteiger partial charge in [0.1, 0.15) is 0 Å². The number of hydrogen-bond donors (Lipinski definition) is 0. The summed E-state index contributed by atoms with van der Waals surface area (Å²) in [7, 11) is 0. The summed E-state index contributed by atoms with van der Waals surface area (Å²) in [5.74, 6) is 0. The Morgan fingerprint density at radius 1 is 1.42 bits per heavy atom. The predicted octanol–water partition coefficient (Wildman–Crippen LogP) is 2.02. The maximum Gasteiger partial charge on any atom is 0.0995 e. The topological polar surface area (TPSA) is 33.0 Å². The Labute approximate surface area is 71.4 Å². The summed E-state index contributed by atoms with van der Waals surface area (Å²) in [4.78, 5) is 0. The number of benzene rings is 1. The second-order valence-corrected chi connectivity index (χ2v) is 2.85. The lowest BCUT2D eigenvalue weighted by molar-refractivity contribution is -0.0528. The molecule has 1 aromatic carbocycles. The largest absolute Gasteiger partial charge is 0.373 e. The van der Waals surface area contributed by atoms with E-state index in [2.05, 4.69) is 6.07 Å². The van der Waals surface area contributed by atoms with Crippen LogP contribution in [0.1, 0.15) is 23.7 Å². The molecule has 0 aromatic heterocycles. The van der Waals surface area contributed by atoms with Crippen molar-refractivity contribution in [1.82, 2.24) is 0 Å². The number of hydrogen-bond acceptors (Lipinski definition) is 2. The van der Waals surface area contributed by atoms with Crippen molar-refractivity contribution in [3.05, 3.63) is 35.4 Å². The molecule has 60 valence electrons. The van der Waals surface area contributed by atoms with Gasteiger partial charge in [-0.25, -0.2) is 0 Å². The highest BCUT2D eigenvalue weighted by Gasteiger charge is 2.22. The summed E-state index contributed by atoms with van der Waals surface area (Å²) in [5, 5.41) is 8.78. The average Bonchev–Trinajstić information content (AvgIpc) is 2.02. The monoisotopic (exact) mass is 159 g/mol. The van der Waals surface area contributed by atoms with Crippen LogP contribution in [0.25, 0.3) is 0 Å². The minimum absolute atomic E-state index is 0.167. The van der Waals surface area contributed by atoms with Gasteiger partial charge in [-0.15, -0.1) is 0 Å². The first-order valence-electron chi connectivity index (χ1n) is 4.02. The summed E-state index contributed by atoms with van der Waals surface area (Å²) in [6.45, 7) is 0.824. The third-order valence-corrected chi connectivity index (χ3v) is 2.13. The van der Waals surface area contributed by atoms with Crippen LogP contribution in [0, 0.1) is 11.3 Å². The highest BCUT2D eigenvalue weighted by Crippen LogP contribution is 2.30. The van der Waals surface area contributed by atoms with Crippen molar-refractivity contribution in [2.24, 2.45) is 0 Å². The van der Waals surface area contributed by atoms with Crippen LogP contribution in [-0.2, 0) is 4.74 Å². The van der Waals surface area contributed by atoms with Crippen molar-refractivity contribution >= 4 is 0 Å². The lowest BCUT2D eigenvalue weighted by atomic mass is 9.98. The van der Waals surface area contributed by atoms with Gasteiger partial charge in [-0.3, -0.25) is 0 Å². The smallest absolute Gasteiger partial charge is 0.0995 e. The first-order valence-corrected chi connectivity index (χ1v) is 4.02. The summed E-state index contributed by atoms with van der Waals surface area (Å²) < 4.78 is 5.31. The van der Waals surface area contributed by atoms with Crippen LogP contribution in [-0.4, -0.2) is 6.61 Å². The summed E-state index contributed by atoms with van der Waals surface area (Å²) in [6, 6.07) is 9.77. The molecular weight excluding hydrogens is 150 g/mol. The summed E-state index contributed by atoms with van der Waals surface area (Å²) in [6.07, 6.45) is 1.21. The molecule has 1 aliphatic heterocycles. The molecule has 1 unspecified atom stereocenters. The Morgan fingerprint density at radius 2 is 2.17 bits per heavy atom. The zero-order valence-electron chi connectivity index (χ0n) is 6.66. The fourth-order valence-corrected chi connectivity index (χ4v) is 1.36. The molecule has 1 aromatic rings. The Morgan fingerprint density at radius 3 is 2.75 bits per heavy atom. The maximum atomic E-state index is 8.78. The average molecular weight is 159 g/mol. The molecule has 1 saturated heterocycles. The van der Waals surface area contributed by atoms with Crippen molar-refractivity contribution in [2.75, 3.05) is 6.61 Å². The number of ether oxygens (including phenoxy) is 1. The SMILES string of the molecule is N#Cc1ccccc1C1CCO1. The van der Waals surface area contributed by atoms with E-state index < -0.39 is 0 Å². The van der Waals surface area contributed by atoms with E-state index in [0.717, 1.165) is 24.2 Å². The van der Waals surface area contributed by atoms with Crippen LogP contribution in [0.3, 0.4) is 0 Å². The van der Waals surface area contributed by atoms with E-state index in [1.54, 1.807) is 0 Å². The summed E-state index contributed by atoms with van der Waals surface area (Å²) in [5.41, 5.74) is 1.77. The molecule has 0 amide bonds.